The lowest BCUT2D eigenvalue weighted by atomic mass is 9.95. The van der Waals surface area contributed by atoms with E-state index in [-0.39, 0.29) is 23.7 Å². The Morgan fingerprint density at radius 3 is 2.56 bits per heavy atom. The number of H-pyrrole nitrogens is 1. The Labute approximate surface area is 167 Å². The number of aromatic nitrogens is 1. The van der Waals surface area contributed by atoms with Crippen molar-refractivity contribution >= 4 is 44.7 Å². The molecule has 140 valence electrons. The lowest BCUT2D eigenvalue weighted by Gasteiger charge is -2.16. The number of hydrogen-bond donors (Lipinski definition) is 3. The lowest BCUT2D eigenvalue weighted by molar-refractivity contribution is 0.478. The third kappa shape index (κ3) is 3.23. The predicted octanol–water partition coefficient (Wildman–Crippen LogP) is 5.21. The molecule has 1 atom stereocenters. The number of fused-ring (bicyclic) bond motifs is 3. The monoisotopic (exact) mass is 400 g/mol. The molecule has 0 fully saturated rings. The first-order valence-corrected chi connectivity index (χ1v) is 9.54. The Morgan fingerprint density at radius 1 is 1.15 bits per heavy atom. The van der Waals surface area contributed by atoms with Crippen molar-refractivity contribution < 1.29 is 5.11 Å². The van der Waals surface area contributed by atoms with E-state index in [1.807, 2.05) is 30.6 Å². The summed E-state index contributed by atoms with van der Waals surface area (Å²) < 4.78 is 0.683. The van der Waals surface area contributed by atoms with Gasteiger partial charge in [0.05, 0.1) is 0 Å². The molecule has 4 aromatic rings. The summed E-state index contributed by atoms with van der Waals surface area (Å²) in [6.45, 7) is 2.15. The quantitative estimate of drug-likeness (QED) is 0.440. The molecule has 2 aromatic carbocycles. The van der Waals surface area contributed by atoms with Crippen LogP contribution in [0.25, 0.3) is 32.1 Å². The minimum atomic E-state index is -0.0886. The first kappa shape index (κ1) is 19.4. The summed E-state index contributed by atoms with van der Waals surface area (Å²) in [5.41, 5.74) is 3.55. The Morgan fingerprint density at radius 2 is 1.89 bits per heavy atom. The Kier molecular flexibility index (Phi) is 5.56. The minimum absolute atomic E-state index is 0. The molecule has 2 heterocycles. The first-order chi connectivity index (χ1) is 12.6. The fraction of sp³-hybridized carbons (Fsp3) is 0.190. The van der Waals surface area contributed by atoms with Gasteiger partial charge in [-0.2, -0.15) is 0 Å². The highest BCUT2D eigenvalue weighted by atomic mass is 35.5. The summed E-state index contributed by atoms with van der Waals surface area (Å²) in [4.78, 5) is 15.2. The largest absolute Gasteiger partial charge is 0.507 e. The van der Waals surface area contributed by atoms with Gasteiger partial charge < -0.3 is 15.4 Å². The molecule has 0 aliphatic heterocycles. The van der Waals surface area contributed by atoms with E-state index < -0.39 is 0 Å². The zero-order valence-corrected chi connectivity index (χ0v) is 16.7. The number of aromatic hydroxyl groups is 1. The van der Waals surface area contributed by atoms with Gasteiger partial charge in [-0.3, -0.25) is 4.79 Å². The van der Waals surface area contributed by atoms with Crippen molar-refractivity contribution in [3.05, 3.63) is 63.8 Å². The van der Waals surface area contributed by atoms with E-state index in [9.17, 15) is 9.90 Å². The van der Waals surface area contributed by atoms with Gasteiger partial charge in [0, 0.05) is 27.9 Å². The molecular formula is C21H21ClN2O2S. The number of phenolic OH excluding ortho intramolecular Hbond substituents is 1. The van der Waals surface area contributed by atoms with Gasteiger partial charge in [0.1, 0.15) is 10.4 Å². The zero-order chi connectivity index (χ0) is 18.3. The molecule has 1 unspecified atom stereocenters. The van der Waals surface area contributed by atoms with E-state index in [2.05, 4.69) is 29.4 Å². The van der Waals surface area contributed by atoms with E-state index in [0.29, 0.717) is 10.7 Å². The number of nitrogens with one attached hydrogen (secondary N) is 2. The number of halogens is 1. The second kappa shape index (κ2) is 7.72. The van der Waals surface area contributed by atoms with Crippen molar-refractivity contribution in [3.63, 3.8) is 0 Å². The molecule has 27 heavy (non-hydrogen) atoms. The molecule has 2 aromatic heterocycles. The maximum absolute atomic E-state index is 12.3. The second-order valence-corrected chi connectivity index (χ2v) is 7.29. The van der Waals surface area contributed by atoms with Gasteiger partial charge in [-0.05, 0) is 48.2 Å². The van der Waals surface area contributed by atoms with E-state index in [0.717, 1.165) is 33.8 Å². The third-order valence-electron chi connectivity index (χ3n) is 4.93. The number of pyridine rings is 1. The molecule has 0 saturated carbocycles. The van der Waals surface area contributed by atoms with Crippen LogP contribution in [0.3, 0.4) is 0 Å². The van der Waals surface area contributed by atoms with E-state index >= 15 is 0 Å². The fourth-order valence-electron chi connectivity index (χ4n) is 3.62. The van der Waals surface area contributed by atoms with Crippen molar-refractivity contribution in [1.82, 2.24) is 10.3 Å². The summed E-state index contributed by atoms with van der Waals surface area (Å²) in [5, 5.41) is 17.6. The molecule has 0 aliphatic carbocycles. The molecule has 0 bridgehead atoms. The van der Waals surface area contributed by atoms with Crippen LogP contribution in [0.4, 0.5) is 0 Å². The fourth-order valence-corrected chi connectivity index (χ4v) is 4.41. The maximum Gasteiger partial charge on any atom is 0.266 e. The molecule has 0 radical (unpaired) electrons. The zero-order valence-electron chi connectivity index (χ0n) is 15.1. The number of hydrogen-bond acceptors (Lipinski definition) is 4. The van der Waals surface area contributed by atoms with Gasteiger partial charge in [0.25, 0.3) is 5.56 Å². The van der Waals surface area contributed by atoms with Crippen molar-refractivity contribution in [1.29, 1.82) is 0 Å². The van der Waals surface area contributed by atoms with E-state index in [1.165, 1.54) is 16.9 Å². The van der Waals surface area contributed by atoms with Crippen LogP contribution in [-0.4, -0.2) is 17.1 Å². The molecule has 0 saturated heterocycles. The van der Waals surface area contributed by atoms with E-state index in [4.69, 9.17) is 0 Å². The van der Waals surface area contributed by atoms with Crippen LogP contribution in [0.1, 0.15) is 24.9 Å². The van der Waals surface area contributed by atoms with Crippen LogP contribution in [-0.2, 0) is 0 Å². The Bertz CT molecular complexity index is 1140. The van der Waals surface area contributed by atoms with Gasteiger partial charge in [0.15, 0.2) is 0 Å². The summed E-state index contributed by atoms with van der Waals surface area (Å²) in [6.07, 6.45) is 1.01. The normalized spacial score (nSPS) is 12.2. The maximum atomic E-state index is 12.3. The minimum Gasteiger partial charge on any atom is -0.507 e. The number of rotatable bonds is 4. The summed E-state index contributed by atoms with van der Waals surface area (Å²) in [7, 11) is 1.96. The average molecular weight is 401 g/mol. The number of phenols is 1. The van der Waals surface area contributed by atoms with Crippen molar-refractivity contribution in [2.24, 2.45) is 0 Å². The van der Waals surface area contributed by atoms with Crippen molar-refractivity contribution in [2.75, 3.05) is 7.05 Å². The highest BCUT2D eigenvalue weighted by molar-refractivity contribution is 7.17. The van der Waals surface area contributed by atoms with Crippen LogP contribution >= 0.6 is 23.7 Å². The highest BCUT2D eigenvalue weighted by Crippen LogP contribution is 2.39. The molecule has 3 N–H and O–H groups in total. The van der Waals surface area contributed by atoms with Gasteiger partial charge in [-0.15, -0.1) is 23.7 Å². The molecule has 0 aliphatic rings. The summed E-state index contributed by atoms with van der Waals surface area (Å²) in [6, 6.07) is 13.9. The van der Waals surface area contributed by atoms with Crippen molar-refractivity contribution in [3.8, 4) is 16.9 Å². The van der Waals surface area contributed by atoms with Gasteiger partial charge in [-0.1, -0.05) is 31.2 Å². The van der Waals surface area contributed by atoms with Crippen LogP contribution in [0.2, 0.25) is 0 Å². The average Bonchev–Trinajstić information content (AvgIpc) is 3.15. The molecular weight excluding hydrogens is 380 g/mol. The van der Waals surface area contributed by atoms with Gasteiger partial charge in [0.2, 0.25) is 0 Å². The standard InChI is InChI=1S/C21H20N2O2S.ClH/c1-3-15(22-2)12-4-6-13(7-5-12)18-17(24)9-8-16-19(18)14-10-11-26-20(14)21(25)23-16;/h4-11,15,22,24H,3H2,1-2H3,(H,23,25);1H. The first-order valence-electron chi connectivity index (χ1n) is 8.66. The SMILES string of the molecule is CCC(NC)c1ccc(-c2c(O)ccc3[nH]c(=O)c4sccc4c23)cc1.Cl. The topological polar surface area (TPSA) is 65.1 Å². The Balaban J connectivity index is 0.00000210. The second-order valence-electron chi connectivity index (χ2n) is 6.37. The molecule has 0 amide bonds. The molecule has 4 rings (SSSR count). The van der Waals surface area contributed by atoms with Gasteiger partial charge in [-0.25, -0.2) is 0 Å². The smallest absolute Gasteiger partial charge is 0.266 e. The Hall–Kier alpha value is -2.34. The molecule has 0 spiro atoms. The summed E-state index contributed by atoms with van der Waals surface area (Å²) in [5.74, 6) is 0.213. The van der Waals surface area contributed by atoms with Gasteiger partial charge >= 0.3 is 0 Å². The summed E-state index contributed by atoms with van der Waals surface area (Å²) >= 11 is 1.42. The van der Waals surface area contributed by atoms with E-state index in [1.54, 1.807) is 12.1 Å². The van der Waals surface area contributed by atoms with Crippen LogP contribution in [0, 0.1) is 0 Å². The number of benzene rings is 2. The lowest BCUT2D eigenvalue weighted by Crippen LogP contribution is -2.14. The van der Waals surface area contributed by atoms with Crippen LogP contribution in [0.5, 0.6) is 5.75 Å². The van der Waals surface area contributed by atoms with Crippen molar-refractivity contribution in [2.45, 2.75) is 19.4 Å². The van der Waals surface area contributed by atoms with Crippen LogP contribution < -0.4 is 10.9 Å². The molecule has 6 heteroatoms. The third-order valence-corrected chi connectivity index (χ3v) is 5.84. The molecule has 4 nitrogen and oxygen atoms in total. The predicted molar refractivity (Wildman–Crippen MR) is 116 cm³/mol. The van der Waals surface area contributed by atoms with Crippen LogP contribution in [0.15, 0.2) is 52.6 Å². The highest BCUT2D eigenvalue weighted by Gasteiger charge is 2.16. The number of aromatic amines is 1. The number of thiophene rings is 1.